The lowest BCUT2D eigenvalue weighted by molar-refractivity contribution is 1.27. The summed E-state index contributed by atoms with van der Waals surface area (Å²) in [5, 5.41) is 1.51. The largest absolute Gasteiger partial charge is 0.256 e. The number of benzene rings is 2. The summed E-state index contributed by atoms with van der Waals surface area (Å²) in [5.74, 6) is 0. The minimum atomic E-state index is -1.38. The molecule has 0 spiro atoms. The van der Waals surface area contributed by atoms with E-state index in [2.05, 4.69) is 92.2 Å². The van der Waals surface area contributed by atoms with Crippen molar-refractivity contribution in [3.8, 4) is 22.4 Å². The van der Waals surface area contributed by atoms with Gasteiger partial charge in [-0.25, -0.2) is 0 Å². The van der Waals surface area contributed by atoms with E-state index >= 15 is 0 Å². The zero-order valence-electron chi connectivity index (χ0n) is 14.3. The number of pyridine rings is 1. The lowest BCUT2D eigenvalue weighted by Gasteiger charge is -2.21. The molecule has 3 rings (SSSR count). The van der Waals surface area contributed by atoms with E-state index < -0.39 is 8.07 Å². The highest BCUT2D eigenvalue weighted by atomic mass is 28.3. The van der Waals surface area contributed by atoms with Crippen LogP contribution in [0.2, 0.25) is 19.6 Å². The van der Waals surface area contributed by atoms with Crippen molar-refractivity contribution in [2.75, 3.05) is 0 Å². The van der Waals surface area contributed by atoms with Gasteiger partial charge in [0.25, 0.3) is 0 Å². The van der Waals surface area contributed by atoms with Crippen LogP contribution in [-0.4, -0.2) is 13.1 Å². The fraction of sp³-hybridized carbons (Fsp3) is 0.190. The Hall–Kier alpha value is -2.19. The Labute approximate surface area is 140 Å². The normalized spacial score (nSPS) is 11.5. The predicted molar refractivity (Wildman–Crippen MR) is 103 cm³/mol. The summed E-state index contributed by atoms with van der Waals surface area (Å²) >= 11 is 0. The van der Waals surface area contributed by atoms with Crippen LogP contribution in [0, 0.1) is 6.92 Å². The summed E-state index contributed by atoms with van der Waals surface area (Å²) in [6.07, 6.45) is 1.93. The van der Waals surface area contributed by atoms with Crippen molar-refractivity contribution in [3.05, 3.63) is 72.4 Å². The third kappa shape index (κ3) is 3.43. The quantitative estimate of drug-likeness (QED) is 0.600. The summed E-state index contributed by atoms with van der Waals surface area (Å²) in [6.45, 7) is 9.27. The minimum absolute atomic E-state index is 1.03. The molecule has 2 aromatic carbocycles. The highest BCUT2D eigenvalue weighted by Crippen LogP contribution is 2.26. The number of aryl methyl sites for hydroxylation is 1. The van der Waals surface area contributed by atoms with E-state index in [0.717, 1.165) is 5.69 Å². The molecule has 0 fully saturated rings. The van der Waals surface area contributed by atoms with Gasteiger partial charge in [0.05, 0.1) is 13.8 Å². The number of nitrogens with zero attached hydrogens (tertiary/aromatic N) is 1. The number of aromatic nitrogens is 1. The zero-order valence-corrected chi connectivity index (χ0v) is 15.3. The Balaban J connectivity index is 2.09. The lowest BCUT2D eigenvalue weighted by atomic mass is 10.0. The molecule has 116 valence electrons. The van der Waals surface area contributed by atoms with Crippen LogP contribution < -0.4 is 5.19 Å². The number of hydrogen-bond donors (Lipinski definition) is 0. The van der Waals surface area contributed by atoms with Crippen molar-refractivity contribution >= 4 is 13.3 Å². The van der Waals surface area contributed by atoms with E-state index in [4.69, 9.17) is 0 Å². The van der Waals surface area contributed by atoms with Gasteiger partial charge < -0.3 is 0 Å². The monoisotopic (exact) mass is 317 g/mol. The maximum Gasteiger partial charge on any atom is 0.0784 e. The molecule has 3 aromatic rings. The Morgan fingerprint density at radius 2 is 1.52 bits per heavy atom. The molecule has 0 aliphatic carbocycles. The van der Waals surface area contributed by atoms with E-state index in [1.165, 1.54) is 27.4 Å². The molecule has 0 atom stereocenters. The standard InChI is InChI=1S/C21H23NSi/c1-16-12-13-20(22-15-16)18-9-7-8-17(14-18)19-10-5-6-11-21(19)23(2,3)4/h5-15H,1-4H3. The van der Waals surface area contributed by atoms with Crippen LogP contribution >= 0.6 is 0 Å². The van der Waals surface area contributed by atoms with Gasteiger partial charge in [-0.3, -0.25) is 4.98 Å². The van der Waals surface area contributed by atoms with Crippen LogP contribution in [-0.2, 0) is 0 Å². The fourth-order valence-corrected chi connectivity index (χ4v) is 4.51. The summed E-state index contributed by atoms with van der Waals surface area (Å²) in [6, 6.07) is 21.8. The van der Waals surface area contributed by atoms with Crippen molar-refractivity contribution in [3.63, 3.8) is 0 Å². The molecule has 0 amide bonds. The smallest absolute Gasteiger partial charge is 0.0784 e. The van der Waals surface area contributed by atoms with Gasteiger partial charge in [-0.1, -0.05) is 73.4 Å². The van der Waals surface area contributed by atoms with Crippen LogP contribution in [0.1, 0.15) is 5.56 Å². The van der Waals surface area contributed by atoms with Gasteiger partial charge in [0, 0.05) is 11.8 Å². The molecule has 0 radical (unpaired) electrons. The third-order valence-electron chi connectivity index (χ3n) is 4.12. The summed E-state index contributed by atoms with van der Waals surface area (Å²) in [7, 11) is -1.38. The molecule has 0 saturated carbocycles. The van der Waals surface area contributed by atoms with Crippen molar-refractivity contribution in [2.24, 2.45) is 0 Å². The minimum Gasteiger partial charge on any atom is -0.256 e. The average Bonchev–Trinajstić information content (AvgIpc) is 2.55. The van der Waals surface area contributed by atoms with Crippen LogP contribution in [0.5, 0.6) is 0 Å². The average molecular weight is 318 g/mol. The van der Waals surface area contributed by atoms with Gasteiger partial charge in [0.2, 0.25) is 0 Å². The van der Waals surface area contributed by atoms with Gasteiger partial charge >= 0.3 is 0 Å². The number of hydrogen-bond acceptors (Lipinski definition) is 1. The Kier molecular flexibility index (Phi) is 4.18. The zero-order chi connectivity index (χ0) is 16.4. The van der Waals surface area contributed by atoms with E-state index in [1.807, 2.05) is 6.20 Å². The van der Waals surface area contributed by atoms with Gasteiger partial charge in [-0.05, 0) is 35.7 Å². The van der Waals surface area contributed by atoms with Gasteiger partial charge in [-0.2, -0.15) is 0 Å². The first-order valence-electron chi connectivity index (χ1n) is 8.08. The van der Waals surface area contributed by atoms with E-state index in [1.54, 1.807) is 0 Å². The molecule has 0 aliphatic heterocycles. The maximum absolute atomic E-state index is 4.56. The van der Waals surface area contributed by atoms with Crippen molar-refractivity contribution in [1.82, 2.24) is 4.98 Å². The van der Waals surface area contributed by atoms with Crippen molar-refractivity contribution in [1.29, 1.82) is 0 Å². The molecule has 0 aliphatic rings. The Morgan fingerprint density at radius 3 is 2.22 bits per heavy atom. The van der Waals surface area contributed by atoms with Crippen molar-refractivity contribution < 1.29 is 0 Å². The first-order chi connectivity index (χ1) is 10.9. The molecular formula is C21H23NSi. The second-order valence-corrected chi connectivity index (χ2v) is 12.1. The van der Waals surface area contributed by atoms with E-state index in [-0.39, 0.29) is 0 Å². The van der Waals surface area contributed by atoms with Crippen LogP contribution in [0.25, 0.3) is 22.4 Å². The van der Waals surface area contributed by atoms with Crippen LogP contribution in [0.3, 0.4) is 0 Å². The molecule has 1 heterocycles. The molecule has 1 nitrogen and oxygen atoms in total. The number of rotatable bonds is 3. The fourth-order valence-electron chi connectivity index (χ4n) is 2.87. The lowest BCUT2D eigenvalue weighted by Crippen LogP contribution is -2.38. The summed E-state index contributed by atoms with van der Waals surface area (Å²) in [4.78, 5) is 4.56. The molecule has 2 heteroatoms. The molecular weight excluding hydrogens is 294 g/mol. The second kappa shape index (κ2) is 6.13. The van der Waals surface area contributed by atoms with E-state index in [0.29, 0.717) is 0 Å². The summed E-state index contributed by atoms with van der Waals surface area (Å²) in [5.41, 5.74) is 6.04. The predicted octanol–water partition coefficient (Wildman–Crippen LogP) is 5.27. The molecule has 0 bridgehead atoms. The summed E-state index contributed by atoms with van der Waals surface area (Å²) < 4.78 is 0. The topological polar surface area (TPSA) is 12.9 Å². The third-order valence-corrected chi connectivity index (χ3v) is 6.17. The highest BCUT2D eigenvalue weighted by molar-refractivity contribution is 6.89. The van der Waals surface area contributed by atoms with Crippen LogP contribution in [0.4, 0.5) is 0 Å². The molecule has 23 heavy (non-hydrogen) atoms. The molecule has 0 unspecified atom stereocenters. The first kappa shape index (κ1) is 15.7. The molecule has 0 N–H and O–H groups in total. The SMILES string of the molecule is Cc1ccc(-c2cccc(-c3ccccc3[Si](C)(C)C)c2)nc1. The Bertz CT molecular complexity index is 814. The van der Waals surface area contributed by atoms with Gasteiger partial charge in [-0.15, -0.1) is 0 Å². The molecule has 1 aromatic heterocycles. The van der Waals surface area contributed by atoms with E-state index in [9.17, 15) is 0 Å². The second-order valence-electron chi connectivity index (χ2n) is 7.10. The molecule has 0 saturated heterocycles. The van der Waals surface area contributed by atoms with Crippen molar-refractivity contribution in [2.45, 2.75) is 26.6 Å². The Morgan fingerprint density at radius 1 is 0.783 bits per heavy atom. The highest BCUT2D eigenvalue weighted by Gasteiger charge is 2.20. The van der Waals surface area contributed by atoms with Crippen LogP contribution in [0.15, 0.2) is 66.9 Å². The van der Waals surface area contributed by atoms with Gasteiger partial charge in [0.15, 0.2) is 0 Å². The first-order valence-corrected chi connectivity index (χ1v) is 11.6. The van der Waals surface area contributed by atoms with Gasteiger partial charge in [0.1, 0.15) is 0 Å². The maximum atomic E-state index is 4.56.